The van der Waals surface area contributed by atoms with Gasteiger partial charge in [0.1, 0.15) is 5.82 Å². The van der Waals surface area contributed by atoms with Gasteiger partial charge < -0.3 is 15.6 Å². The maximum Gasteiger partial charge on any atom is 0.168 e. The maximum atomic E-state index is 14.2. The van der Waals surface area contributed by atoms with Gasteiger partial charge in [0.25, 0.3) is 0 Å². The van der Waals surface area contributed by atoms with Crippen molar-refractivity contribution in [1.82, 2.24) is 0 Å². The number of phenolic OH excluding ortho intramolecular Hbond substituents is 1. The Morgan fingerprint density at radius 1 is 1.47 bits per heavy atom. The number of halogens is 2. The van der Waals surface area contributed by atoms with Crippen LogP contribution in [0.25, 0.3) is 0 Å². The number of hydrogen-bond acceptors (Lipinski definition) is 3. The molecule has 3 nitrogen and oxygen atoms in total. The van der Waals surface area contributed by atoms with Crippen LogP contribution in [0.5, 0.6) is 11.5 Å². The van der Waals surface area contributed by atoms with E-state index in [1.165, 1.54) is 13.2 Å². The van der Waals surface area contributed by atoms with Crippen LogP contribution in [-0.4, -0.2) is 12.2 Å². The minimum Gasteiger partial charge on any atom is -0.504 e. The van der Waals surface area contributed by atoms with Crippen molar-refractivity contribution < 1.29 is 14.2 Å². The van der Waals surface area contributed by atoms with Crippen molar-refractivity contribution in [3.63, 3.8) is 0 Å². The van der Waals surface area contributed by atoms with Gasteiger partial charge in [-0.2, -0.15) is 0 Å². The highest BCUT2D eigenvalue weighted by atomic mass is 79.9. The van der Waals surface area contributed by atoms with Gasteiger partial charge in [0.2, 0.25) is 0 Å². The van der Waals surface area contributed by atoms with Gasteiger partial charge in [0, 0.05) is 11.6 Å². The third-order valence-corrected chi connectivity index (χ3v) is 3.93. The lowest BCUT2D eigenvalue weighted by Gasteiger charge is -2.27. The molecule has 0 saturated heterocycles. The molecule has 0 atom stereocenters. The van der Waals surface area contributed by atoms with Crippen LogP contribution in [0, 0.1) is 5.82 Å². The number of rotatable bonds is 2. The second-order valence-electron chi connectivity index (χ2n) is 4.46. The van der Waals surface area contributed by atoms with Crippen LogP contribution in [0.4, 0.5) is 4.39 Å². The fraction of sp³-hybridized carbons (Fsp3) is 0.500. The topological polar surface area (TPSA) is 55.5 Å². The predicted molar refractivity (Wildman–Crippen MR) is 66.7 cm³/mol. The molecule has 1 aromatic carbocycles. The SMILES string of the molecule is COc1c(O)cc(Br)c(F)c1C1(N)CCCC1. The summed E-state index contributed by atoms with van der Waals surface area (Å²) in [6.07, 6.45) is 3.34. The van der Waals surface area contributed by atoms with Crippen molar-refractivity contribution in [2.75, 3.05) is 7.11 Å². The summed E-state index contributed by atoms with van der Waals surface area (Å²) >= 11 is 3.09. The van der Waals surface area contributed by atoms with Crippen LogP contribution < -0.4 is 10.5 Å². The molecule has 3 N–H and O–H groups in total. The average molecular weight is 304 g/mol. The van der Waals surface area contributed by atoms with Crippen molar-refractivity contribution in [2.45, 2.75) is 31.2 Å². The molecule has 0 heterocycles. The summed E-state index contributed by atoms with van der Waals surface area (Å²) in [6, 6.07) is 1.29. The standard InChI is InChI=1S/C12H15BrFNO2/c1-17-11-8(16)6-7(13)10(14)9(11)12(15)4-2-3-5-12/h6,16H,2-5,15H2,1H3. The quantitative estimate of drug-likeness (QED) is 0.883. The second kappa shape index (κ2) is 4.46. The molecule has 1 fully saturated rings. The molecule has 0 spiro atoms. The van der Waals surface area contributed by atoms with Crippen LogP contribution in [-0.2, 0) is 5.54 Å². The first-order valence-corrected chi connectivity index (χ1v) is 6.33. The highest BCUT2D eigenvalue weighted by molar-refractivity contribution is 9.10. The first kappa shape index (κ1) is 12.6. The molecule has 94 valence electrons. The van der Waals surface area contributed by atoms with Crippen LogP contribution >= 0.6 is 15.9 Å². The van der Waals surface area contributed by atoms with E-state index >= 15 is 0 Å². The molecule has 2 rings (SSSR count). The van der Waals surface area contributed by atoms with Gasteiger partial charge in [-0.3, -0.25) is 0 Å². The van der Waals surface area contributed by atoms with E-state index in [4.69, 9.17) is 10.5 Å². The maximum absolute atomic E-state index is 14.2. The van der Waals surface area contributed by atoms with E-state index in [-0.39, 0.29) is 21.5 Å². The normalized spacial score (nSPS) is 18.4. The van der Waals surface area contributed by atoms with Crippen LogP contribution in [0.15, 0.2) is 10.5 Å². The van der Waals surface area contributed by atoms with Crippen molar-refractivity contribution >= 4 is 15.9 Å². The predicted octanol–water partition coefficient (Wildman–Crippen LogP) is 3.03. The number of phenols is 1. The van der Waals surface area contributed by atoms with Gasteiger partial charge in [0.15, 0.2) is 11.5 Å². The Hall–Kier alpha value is -0.810. The minimum atomic E-state index is -0.739. The van der Waals surface area contributed by atoms with Gasteiger partial charge in [-0.15, -0.1) is 0 Å². The third-order valence-electron chi connectivity index (χ3n) is 3.35. The summed E-state index contributed by atoms with van der Waals surface area (Å²) in [5, 5.41) is 9.79. The lowest BCUT2D eigenvalue weighted by Crippen LogP contribution is -2.34. The molecular formula is C12H15BrFNO2. The molecule has 0 bridgehead atoms. The Kier molecular flexibility index (Phi) is 3.32. The molecule has 1 aliphatic carbocycles. The molecule has 0 unspecified atom stereocenters. The van der Waals surface area contributed by atoms with Crippen LogP contribution in [0.3, 0.4) is 0 Å². The zero-order valence-electron chi connectivity index (χ0n) is 9.59. The van der Waals surface area contributed by atoms with Crippen molar-refractivity contribution in [1.29, 1.82) is 0 Å². The Morgan fingerprint density at radius 3 is 2.59 bits per heavy atom. The molecule has 5 heteroatoms. The Balaban J connectivity index is 2.65. The first-order chi connectivity index (χ1) is 7.99. The van der Waals surface area contributed by atoms with E-state index in [2.05, 4.69) is 15.9 Å². The first-order valence-electron chi connectivity index (χ1n) is 5.54. The van der Waals surface area contributed by atoms with Gasteiger partial charge >= 0.3 is 0 Å². The number of ether oxygens (including phenoxy) is 1. The molecule has 0 aliphatic heterocycles. The van der Waals surface area contributed by atoms with Crippen LogP contribution in [0.1, 0.15) is 31.2 Å². The molecule has 1 aliphatic rings. The Bertz CT molecular complexity index is 445. The summed E-state index contributed by atoms with van der Waals surface area (Å²) in [4.78, 5) is 0. The third kappa shape index (κ3) is 2.02. The lowest BCUT2D eigenvalue weighted by atomic mass is 9.88. The number of nitrogens with two attached hydrogens (primary N) is 1. The summed E-state index contributed by atoms with van der Waals surface area (Å²) in [5.74, 6) is -0.383. The average Bonchev–Trinajstić information content (AvgIpc) is 2.71. The summed E-state index contributed by atoms with van der Waals surface area (Å²) < 4.78 is 19.5. The number of methoxy groups -OCH3 is 1. The molecule has 0 aromatic heterocycles. The molecule has 1 saturated carbocycles. The summed E-state index contributed by atoms with van der Waals surface area (Å²) in [7, 11) is 1.41. The number of benzene rings is 1. The van der Waals surface area contributed by atoms with Gasteiger partial charge in [-0.05, 0) is 28.8 Å². The van der Waals surface area contributed by atoms with E-state index in [9.17, 15) is 9.50 Å². The molecule has 1 aromatic rings. The Labute approximate surface area is 108 Å². The monoisotopic (exact) mass is 303 g/mol. The second-order valence-corrected chi connectivity index (χ2v) is 5.32. The highest BCUT2D eigenvalue weighted by Crippen LogP contribution is 2.47. The molecular weight excluding hydrogens is 289 g/mol. The van der Waals surface area contributed by atoms with Gasteiger partial charge in [0.05, 0.1) is 17.1 Å². The van der Waals surface area contributed by atoms with E-state index in [0.717, 1.165) is 12.8 Å². The zero-order valence-corrected chi connectivity index (χ0v) is 11.2. The summed E-state index contributed by atoms with van der Waals surface area (Å²) in [6.45, 7) is 0. The highest BCUT2D eigenvalue weighted by Gasteiger charge is 2.38. The summed E-state index contributed by atoms with van der Waals surface area (Å²) in [5.41, 5.74) is 5.79. The zero-order chi connectivity index (χ0) is 12.6. The van der Waals surface area contributed by atoms with Crippen molar-refractivity contribution in [2.24, 2.45) is 5.73 Å². The number of hydrogen-bond donors (Lipinski definition) is 2. The molecule has 0 radical (unpaired) electrons. The smallest absolute Gasteiger partial charge is 0.168 e. The van der Waals surface area contributed by atoms with Crippen molar-refractivity contribution in [3.8, 4) is 11.5 Å². The number of aromatic hydroxyl groups is 1. The fourth-order valence-corrected chi connectivity index (χ4v) is 2.92. The van der Waals surface area contributed by atoms with E-state index in [1.54, 1.807) is 0 Å². The van der Waals surface area contributed by atoms with Crippen molar-refractivity contribution in [3.05, 3.63) is 21.9 Å². The van der Waals surface area contributed by atoms with E-state index in [0.29, 0.717) is 12.8 Å². The minimum absolute atomic E-state index is 0.0903. The molecule has 0 amide bonds. The largest absolute Gasteiger partial charge is 0.504 e. The lowest BCUT2D eigenvalue weighted by molar-refractivity contribution is 0.338. The molecule has 17 heavy (non-hydrogen) atoms. The fourth-order valence-electron chi connectivity index (χ4n) is 2.50. The van der Waals surface area contributed by atoms with E-state index < -0.39 is 11.4 Å². The van der Waals surface area contributed by atoms with Gasteiger partial charge in [-0.25, -0.2) is 4.39 Å². The van der Waals surface area contributed by atoms with Crippen LogP contribution in [0.2, 0.25) is 0 Å². The van der Waals surface area contributed by atoms with E-state index in [1.807, 2.05) is 0 Å². The Morgan fingerprint density at radius 2 is 2.06 bits per heavy atom. The van der Waals surface area contributed by atoms with Gasteiger partial charge in [-0.1, -0.05) is 12.8 Å².